The molecule has 0 fully saturated rings. The minimum atomic E-state index is -0.869. The molecule has 0 saturated heterocycles. The summed E-state index contributed by atoms with van der Waals surface area (Å²) in [5, 5.41) is 34.3. The van der Waals surface area contributed by atoms with E-state index in [0.29, 0.717) is 0 Å². The molecule has 1 amide bonds. The van der Waals surface area contributed by atoms with Gasteiger partial charge in [-0.05, 0) is 30.3 Å². The number of anilines is 1. The van der Waals surface area contributed by atoms with Crippen molar-refractivity contribution >= 4 is 40.6 Å². The summed E-state index contributed by atoms with van der Waals surface area (Å²) in [5.41, 5.74) is -0.782. The van der Waals surface area contributed by atoms with E-state index in [9.17, 15) is 30.3 Å². The number of rotatable bonds is 7. The molecule has 3 rings (SSSR count). The molecule has 11 nitrogen and oxygen atoms in total. The summed E-state index contributed by atoms with van der Waals surface area (Å²) < 4.78 is 10.6. The van der Waals surface area contributed by atoms with E-state index in [1.165, 1.54) is 49.6 Å². The van der Waals surface area contributed by atoms with E-state index in [1.54, 1.807) is 6.07 Å². The fraction of sp³-hybridized carbons (Fsp3) is 0.0476. The first kappa shape index (κ1) is 23.0. The third kappa shape index (κ3) is 5.15. The highest BCUT2D eigenvalue weighted by molar-refractivity contribution is 6.30. The van der Waals surface area contributed by atoms with E-state index in [0.717, 1.165) is 12.1 Å². The van der Waals surface area contributed by atoms with Crippen molar-refractivity contribution in [2.45, 2.75) is 0 Å². The number of non-ortho nitro benzene ring substituents is 1. The number of benzene rings is 2. The summed E-state index contributed by atoms with van der Waals surface area (Å²) in [6, 6.07) is 12.2. The molecule has 0 aliphatic carbocycles. The Labute approximate surface area is 190 Å². The van der Waals surface area contributed by atoms with Gasteiger partial charge in [-0.2, -0.15) is 5.26 Å². The average molecular weight is 469 g/mol. The Bertz CT molecular complexity index is 1340. The van der Waals surface area contributed by atoms with Crippen molar-refractivity contribution in [1.29, 1.82) is 5.26 Å². The smallest absolute Gasteiger partial charge is 0.281 e. The Balaban J connectivity index is 1.90. The van der Waals surface area contributed by atoms with E-state index < -0.39 is 15.8 Å². The van der Waals surface area contributed by atoms with Crippen LogP contribution in [-0.4, -0.2) is 22.9 Å². The molecule has 12 heteroatoms. The first-order chi connectivity index (χ1) is 15.7. The highest BCUT2D eigenvalue weighted by Crippen LogP contribution is 2.34. The van der Waals surface area contributed by atoms with Crippen molar-refractivity contribution in [2.75, 3.05) is 12.4 Å². The number of hydrogen-bond acceptors (Lipinski definition) is 8. The number of ether oxygens (including phenoxy) is 1. The van der Waals surface area contributed by atoms with Crippen molar-refractivity contribution in [3.05, 3.63) is 85.1 Å². The lowest BCUT2D eigenvalue weighted by Gasteiger charge is -2.09. The number of methoxy groups -OCH3 is 1. The predicted octanol–water partition coefficient (Wildman–Crippen LogP) is 4.97. The lowest BCUT2D eigenvalue weighted by molar-refractivity contribution is -0.384. The summed E-state index contributed by atoms with van der Waals surface area (Å²) >= 11 is 5.82. The number of nitro benzene ring substituents is 2. The van der Waals surface area contributed by atoms with E-state index in [4.69, 9.17) is 20.8 Å². The van der Waals surface area contributed by atoms with Crippen LogP contribution in [0.3, 0.4) is 0 Å². The van der Waals surface area contributed by atoms with Gasteiger partial charge in [-0.1, -0.05) is 11.6 Å². The molecule has 166 valence electrons. The SMILES string of the molecule is COc1ccc([N+](=O)[O-])cc1NC(=O)/C(C#N)=C/c1ccc(-c2ccc(Cl)cc2[N+](=O)[O-])o1. The number of nitrogens with one attached hydrogen (secondary N) is 1. The third-order valence-electron chi connectivity index (χ3n) is 4.34. The van der Waals surface area contributed by atoms with Gasteiger partial charge in [0.25, 0.3) is 17.3 Å². The van der Waals surface area contributed by atoms with Gasteiger partial charge in [-0.3, -0.25) is 25.0 Å². The van der Waals surface area contributed by atoms with Crippen LogP contribution in [0.2, 0.25) is 5.02 Å². The highest BCUT2D eigenvalue weighted by Gasteiger charge is 2.20. The molecule has 1 heterocycles. The van der Waals surface area contributed by atoms with Crippen LogP contribution in [0, 0.1) is 31.6 Å². The molecule has 0 unspecified atom stereocenters. The predicted molar refractivity (Wildman–Crippen MR) is 118 cm³/mol. The van der Waals surface area contributed by atoms with E-state index in [1.807, 2.05) is 0 Å². The van der Waals surface area contributed by atoms with Crippen LogP contribution in [0.1, 0.15) is 5.76 Å². The van der Waals surface area contributed by atoms with Crippen molar-refractivity contribution in [3.63, 3.8) is 0 Å². The Morgan fingerprint density at radius 3 is 2.55 bits per heavy atom. The van der Waals surface area contributed by atoms with Crippen LogP contribution in [-0.2, 0) is 4.79 Å². The molecule has 1 aromatic heterocycles. The van der Waals surface area contributed by atoms with E-state index in [-0.39, 0.29) is 50.5 Å². The van der Waals surface area contributed by atoms with E-state index in [2.05, 4.69) is 5.32 Å². The maximum atomic E-state index is 12.6. The Morgan fingerprint density at radius 2 is 1.91 bits per heavy atom. The lowest BCUT2D eigenvalue weighted by atomic mass is 10.1. The standard InChI is InChI=1S/C21H13ClN4O7/c1-32-20-6-3-14(25(28)29)10-17(20)24-21(27)12(11-23)8-15-4-7-19(33-15)16-5-2-13(22)9-18(16)26(30)31/h2-10H,1H3,(H,24,27)/b12-8+. The van der Waals surface area contributed by atoms with Gasteiger partial charge in [0.2, 0.25) is 0 Å². The number of nitrogens with zero attached hydrogens (tertiary/aromatic N) is 3. The van der Waals surface area contributed by atoms with Gasteiger partial charge in [0, 0.05) is 29.3 Å². The summed E-state index contributed by atoms with van der Waals surface area (Å²) in [6.45, 7) is 0. The molecule has 1 N–H and O–H groups in total. The van der Waals surface area contributed by atoms with Gasteiger partial charge in [-0.25, -0.2) is 0 Å². The molecule has 2 aromatic carbocycles. The molecule has 0 saturated carbocycles. The second kappa shape index (κ2) is 9.63. The van der Waals surface area contributed by atoms with Gasteiger partial charge >= 0.3 is 0 Å². The van der Waals surface area contributed by atoms with Crippen LogP contribution in [0.5, 0.6) is 5.75 Å². The number of carbonyl (C=O) groups is 1. The Morgan fingerprint density at radius 1 is 1.15 bits per heavy atom. The monoisotopic (exact) mass is 468 g/mol. The number of amides is 1. The first-order valence-corrected chi connectivity index (χ1v) is 9.41. The molecule has 33 heavy (non-hydrogen) atoms. The van der Waals surface area contributed by atoms with Gasteiger partial charge in [0.1, 0.15) is 28.9 Å². The molecule has 0 bridgehead atoms. The van der Waals surface area contributed by atoms with Gasteiger partial charge in [0.05, 0.1) is 28.2 Å². The van der Waals surface area contributed by atoms with Crippen molar-refractivity contribution in [3.8, 4) is 23.1 Å². The zero-order chi connectivity index (χ0) is 24.1. The highest BCUT2D eigenvalue weighted by atomic mass is 35.5. The fourth-order valence-corrected chi connectivity index (χ4v) is 2.99. The van der Waals surface area contributed by atoms with Gasteiger partial charge in [0.15, 0.2) is 0 Å². The van der Waals surface area contributed by atoms with Crippen LogP contribution < -0.4 is 10.1 Å². The molecule has 0 radical (unpaired) electrons. The second-order valence-corrected chi connectivity index (χ2v) is 6.82. The number of nitriles is 1. The number of furan rings is 1. The quantitative estimate of drug-likeness (QED) is 0.220. The summed E-state index contributed by atoms with van der Waals surface area (Å²) in [5.74, 6) is -0.511. The fourth-order valence-electron chi connectivity index (χ4n) is 2.83. The van der Waals surface area contributed by atoms with E-state index >= 15 is 0 Å². The lowest BCUT2D eigenvalue weighted by Crippen LogP contribution is -2.14. The van der Waals surface area contributed by atoms with Crippen LogP contribution in [0.4, 0.5) is 17.1 Å². The normalized spacial score (nSPS) is 10.9. The molecule has 0 spiro atoms. The van der Waals surface area contributed by atoms with Gasteiger partial charge < -0.3 is 14.5 Å². The largest absolute Gasteiger partial charge is 0.495 e. The number of nitro groups is 2. The molecule has 0 aliphatic rings. The molecule has 0 atom stereocenters. The number of hydrogen-bond donors (Lipinski definition) is 1. The summed E-state index contributed by atoms with van der Waals surface area (Å²) in [7, 11) is 1.32. The molecular weight excluding hydrogens is 456 g/mol. The topological polar surface area (TPSA) is 162 Å². The van der Waals surface area contributed by atoms with Crippen molar-refractivity contribution in [1.82, 2.24) is 0 Å². The Kier molecular flexibility index (Phi) is 6.71. The summed E-state index contributed by atoms with van der Waals surface area (Å²) in [6.07, 6.45) is 1.13. The average Bonchev–Trinajstić information content (AvgIpc) is 3.25. The zero-order valence-corrected chi connectivity index (χ0v) is 17.5. The third-order valence-corrected chi connectivity index (χ3v) is 4.58. The van der Waals surface area contributed by atoms with Crippen molar-refractivity contribution < 1.29 is 23.8 Å². The minimum Gasteiger partial charge on any atom is -0.495 e. The molecule has 3 aromatic rings. The maximum Gasteiger partial charge on any atom is 0.281 e. The van der Waals surface area contributed by atoms with Crippen LogP contribution >= 0.6 is 11.6 Å². The molecular formula is C21H13ClN4O7. The maximum absolute atomic E-state index is 12.6. The molecule has 0 aliphatic heterocycles. The minimum absolute atomic E-state index is 0.00484. The second-order valence-electron chi connectivity index (χ2n) is 6.39. The van der Waals surface area contributed by atoms with Crippen LogP contribution in [0.25, 0.3) is 17.4 Å². The number of halogens is 1. The van der Waals surface area contributed by atoms with Crippen LogP contribution in [0.15, 0.2) is 58.5 Å². The summed E-state index contributed by atoms with van der Waals surface area (Å²) in [4.78, 5) is 33.6. The van der Waals surface area contributed by atoms with Crippen molar-refractivity contribution in [2.24, 2.45) is 0 Å². The van der Waals surface area contributed by atoms with Gasteiger partial charge in [-0.15, -0.1) is 0 Å². The zero-order valence-electron chi connectivity index (χ0n) is 16.8. The number of carbonyl (C=O) groups excluding carboxylic acids is 1. The first-order valence-electron chi connectivity index (χ1n) is 9.03. The Hall–Kier alpha value is -4.69.